The molecule has 0 saturated carbocycles. The molecular weight excluding hydrogens is 511 g/mol. The number of hydrogen-bond acceptors (Lipinski definition) is 4. The smallest absolute Gasteiger partial charge is 0.274 e. The van der Waals surface area contributed by atoms with Gasteiger partial charge in [-0.05, 0) is 34.1 Å². The van der Waals surface area contributed by atoms with Gasteiger partial charge in [0.1, 0.15) is 15.9 Å². The van der Waals surface area contributed by atoms with Crippen LogP contribution in [0.4, 0.5) is 10.1 Å². The normalized spacial score (nSPS) is 10.7. The lowest BCUT2D eigenvalue weighted by atomic mass is 10.1. The number of amides is 2. The van der Waals surface area contributed by atoms with E-state index in [1.54, 1.807) is 12.1 Å². The predicted molar refractivity (Wildman–Crippen MR) is 112 cm³/mol. The van der Waals surface area contributed by atoms with E-state index in [2.05, 4.69) is 36.6 Å². The van der Waals surface area contributed by atoms with Gasteiger partial charge >= 0.3 is 0 Å². The Hall–Kier alpha value is -2.20. The number of anilines is 1. The van der Waals surface area contributed by atoms with Gasteiger partial charge in [0.25, 0.3) is 11.8 Å². The lowest BCUT2D eigenvalue weighted by Crippen LogP contribution is -2.24. The summed E-state index contributed by atoms with van der Waals surface area (Å²) in [6, 6.07) is 5.69. The lowest BCUT2D eigenvalue weighted by molar-refractivity contribution is 0.0960. The van der Waals surface area contributed by atoms with E-state index in [0.29, 0.717) is 4.60 Å². The molecule has 0 atom stereocenters. The van der Waals surface area contributed by atoms with Gasteiger partial charge in [-0.15, -0.1) is 0 Å². The van der Waals surface area contributed by atoms with Gasteiger partial charge in [-0.2, -0.15) is 5.10 Å². The minimum absolute atomic E-state index is 0.00626. The van der Waals surface area contributed by atoms with Crippen LogP contribution in [0.2, 0.25) is 15.1 Å². The van der Waals surface area contributed by atoms with Crippen molar-refractivity contribution in [2.24, 2.45) is 0 Å². The van der Waals surface area contributed by atoms with Gasteiger partial charge in [0.15, 0.2) is 11.6 Å². The Morgan fingerprint density at radius 1 is 1.14 bits per heavy atom. The fourth-order valence-corrected chi connectivity index (χ4v) is 3.53. The third-order valence-electron chi connectivity index (χ3n) is 3.72. The van der Waals surface area contributed by atoms with Crippen molar-refractivity contribution in [1.29, 1.82) is 0 Å². The van der Waals surface area contributed by atoms with Crippen LogP contribution in [0.15, 0.2) is 35.1 Å². The lowest BCUT2D eigenvalue weighted by Gasteiger charge is -2.14. The van der Waals surface area contributed by atoms with Crippen molar-refractivity contribution < 1.29 is 14.0 Å². The van der Waals surface area contributed by atoms with Crippen molar-refractivity contribution in [3.8, 4) is 5.82 Å². The molecule has 0 unspecified atom stereocenters. The summed E-state index contributed by atoms with van der Waals surface area (Å²) in [7, 11) is 1.30. The number of carbonyl (C=O) groups excluding carboxylic acids is 2. The molecule has 0 fully saturated rings. The van der Waals surface area contributed by atoms with Crippen LogP contribution in [0, 0.1) is 5.82 Å². The molecule has 2 amide bonds. The molecular formula is C17H10BrCl3FN5O2. The Morgan fingerprint density at radius 3 is 2.52 bits per heavy atom. The molecule has 0 saturated heterocycles. The number of hydrogen-bond donors (Lipinski definition) is 2. The van der Waals surface area contributed by atoms with E-state index < -0.39 is 23.2 Å². The highest BCUT2D eigenvalue weighted by molar-refractivity contribution is 9.10. The zero-order chi connectivity index (χ0) is 21.3. The first kappa shape index (κ1) is 21.5. The van der Waals surface area contributed by atoms with Crippen LogP contribution in [-0.4, -0.2) is 33.6 Å². The molecule has 0 aliphatic carbocycles. The second kappa shape index (κ2) is 8.66. The van der Waals surface area contributed by atoms with Crippen LogP contribution in [0.1, 0.15) is 20.8 Å². The molecule has 0 spiro atoms. The van der Waals surface area contributed by atoms with Gasteiger partial charge in [0, 0.05) is 19.3 Å². The van der Waals surface area contributed by atoms with Crippen molar-refractivity contribution >= 4 is 68.2 Å². The average Bonchev–Trinajstić information content (AvgIpc) is 3.07. The van der Waals surface area contributed by atoms with Crippen LogP contribution in [0.25, 0.3) is 5.82 Å². The maximum absolute atomic E-state index is 14.5. The minimum atomic E-state index is -1.02. The molecule has 0 bridgehead atoms. The second-order valence-corrected chi connectivity index (χ2v) is 7.54. The van der Waals surface area contributed by atoms with Gasteiger partial charge in [0.2, 0.25) is 0 Å². The summed E-state index contributed by atoms with van der Waals surface area (Å²) in [4.78, 5) is 29.2. The third kappa shape index (κ3) is 4.23. The molecule has 0 aliphatic heterocycles. The Labute approximate surface area is 187 Å². The van der Waals surface area contributed by atoms with Crippen molar-refractivity contribution in [1.82, 2.24) is 20.1 Å². The Kier molecular flexibility index (Phi) is 6.42. The van der Waals surface area contributed by atoms with E-state index in [1.807, 2.05) is 0 Å². The molecule has 150 valence electrons. The van der Waals surface area contributed by atoms with Crippen LogP contribution in [0.3, 0.4) is 0 Å². The molecule has 1 aromatic carbocycles. The number of nitrogens with one attached hydrogen (secondary N) is 2. The number of aromatic nitrogens is 3. The summed E-state index contributed by atoms with van der Waals surface area (Å²) < 4.78 is 16.0. The molecule has 2 heterocycles. The first-order valence-corrected chi connectivity index (χ1v) is 9.74. The summed E-state index contributed by atoms with van der Waals surface area (Å²) in [5.74, 6) is -2.37. The highest BCUT2D eigenvalue weighted by atomic mass is 79.9. The topological polar surface area (TPSA) is 88.9 Å². The number of pyridine rings is 1. The highest BCUT2D eigenvalue weighted by Gasteiger charge is 2.26. The highest BCUT2D eigenvalue weighted by Crippen LogP contribution is 2.34. The zero-order valence-electron chi connectivity index (χ0n) is 14.4. The monoisotopic (exact) mass is 519 g/mol. The van der Waals surface area contributed by atoms with E-state index in [1.165, 1.54) is 24.0 Å². The van der Waals surface area contributed by atoms with Crippen LogP contribution in [0.5, 0.6) is 0 Å². The van der Waals surface area contributed by atoms with E-state index in [0.717, 1.165) is 6.07 Å². The van der Waals surface area contributed by atoms with Crippen LogP contribution >= 0.6 is 50.7 Å². The number of carbonyl (C=O) groups is 2. The molecule has 3 aromatic rings. The van der Waals surface area contributed by atoms with Crippen molar-refractivity contribution in [3.05, 3.63) is 67.2 Å². The van der Waals surface area contributed by atoms with Gasteiger partial charge in [0.05, 0.1) is 20.8 Å². The van der Waals surface area contributed by atoms with E-state index >= 15 is 0 Å². The maximum Gasteiger partial charge on any atom is 0.274 e. The number of halogens is 5. The van der Waals surface area contributed by atoms with Crippen LogP contribution in [-0.2, 0) is 0 Å². The fourth-order valence-electron chi connectivity index (χ4n) is 2.44. The number of nitrogens with zero attached hydrogens (tertiary/aromatic N) is 3. The minimum Gasteiger partial charge on any atom is -0.355 e. The Bertz CT molecular complexity index is 1140. The van der Waals surface area contributed by atoms with Crippen molar-refractivity contribution in [2.75, 3.05) is 12.4 Å². The van der Waals surface area contributed by atoms with Crippen molar-refractivity contribution in [2.45, 2.75) is 0 Å². The summed E-state index contributed by atoms with van der Waals surface area (Å²) in [6.07, 6.45) is 1.48. The molecule has 2 N–H and O–H groups in total. The Morgan fingerprint density at radius 2 is 1.86 bits per heavy atom. The quantitative estimate of drug-likeness (QED) is 0.486. The van der Waals surface area contributed by atoms with E-state index in [9.17, 15) is 14.0 Å². The fraction of sp³-hybridized carbons (Fsp3) is 0.0588. The van der Waals surface area contributed by atoms with Gasteiger partial charge in [-0.1, -0.05) is 34.8 Å². The predicted octanol–water partition coefficient (Wildman–Crippen LogP) is 4.74. The summed E-state index contributed by atoms with van der Waals surface area (Å²) in [5.41, 5.74) is -0.736. The van der Waals surface area contributed by atoms with Crippen LogP contribution < -0.4 is 10.6 Å². The average molecular weight is 522 g/mol. The SMILES string of the molecule is CNC(=O)c1c(F)c(Cl)cc(Cl)c1NC(=O)c1cc(Br)nn1-c1ncccc1Cl. The molecule has 12 heteroatoms. The molecule has 29 heavy (non-hydrogen) atoms. The first-order chi connectivity index (χ1) is 13.7. The molecule has 0 radical (unpaired) electrons. The first-order valence-electron chi connectivity index (χ1n) is 7.82. The standard InChI is InChI=1S/C17H10BrCl3FN5O2/c1-23-17(29)12-13(22)8(20)5-9(21)14(12)25-16(28)10-6-11(18)26-27(10)15-7(19)3-2-4-24-15/h2-6H,1H3,(H,23,29)(H,25,28). The molecule has 7 nitrogen and oxygen atoms in total. The van der Waals surface area contributed by atoms with E-state index in [-0.39, 0.29) is 32.3 Å². The molecule has 0 aliphatic rings. The maximum atomic E-state index is 14.5. The van der Waals surface area contributed by atoms with Gasteiger partial charge < -0.3 is 10.6 Å². The number of rotatable bonds is 4. The largest absolute Gasteiger partial charge is 0.355 e. The Balaban J connectivity index is 2.09. The third-order valence-corrected chi connectivity index (χ3v) is 4.97. The molecule has 2 aromatic heterocycles. The molecule has 3 rings (SSSR count). The van der Waals surface area contributed by atoms with Gasteiger partial charge in [-0.25, -0.2) is 14.1 Å². The van der Waals surface area contributed by atoms with Gasteiger partial charge in [-0.3, -0.25) is 9.59 Å². The number of benzene rings is 1. The summed E-state index contributed by atoms with van der Waals surface area (Å²) >= 11 is 21.2. The van der Waals surface area contributed by atoms with Crippen molar-refractivity contribution in [3.63, 3.8) is 0 Å². The van der Waals surface area contributed by atoms with E-state index in [4.69, 9.17) is 34.8 Å². The summed E-state index contributed by atoms with van der Waals surface area (Å²) in [5, 5.41) is 8.63. The second-order valence-electron chi connectivity index (χ2n) is 5.51. The summed E-state index contributed by atoms with van der Waals surface area (Å²) in [6.45, 7) is 0. The zero-order valence-corrected chi connectivity index (χ0v) is 18.3.